The van der Waals surface area contributed by atoms with E-state index in [1.165, 1.54) is 18.2 Å². The molecular weight excluding hydrogens is 339 g/mol. The molecule has 1 amide bonds. The van der Waals surface area contributed by atoms with Crippen LogP contribution in [0.1, 0.15) is 11.1 Å². The fourth-order valence-corrected chi connectivity index (χ4v) is 2.34. The highest BCUT2D eigenvalue weighted by Crippen LogP contribution is 2.21. The lowest BCUT2D eigenvalue weighted by molar-refractivity contribution is -0.385. The van der Waals surface area contributed by atoms with Gasteiger partial charge in [0.25, 0.3) is 5.69 Å². The number of hydrogen-bond donors (Lipinski definition) is 1. The zero-order chi connectivity index (χ0) is 16.8. The van der Waals surface area contributed by atoms with Crippen molar-refractivity contribution in [3.8, 4) is 0 Å². The monoisotopic (exact) mass is 350 g/mol. The van der Waals surface area contributed by atoms with E-state index < -0.39 is 4.92 Å². The fourth-order valence-electron chi connectivity index (χ4n) is 1.87. The first-order valence-electron chi connectivity index (χ1n) is 6.60. The number of carbonyl (C=O) groups is 1. The van der Waals surface area contributed by atoms with Gasteiger partial charge in [0.2, 0.25) is 5.91 Å². The van der Waals surface area contributed by atoms with Crippen LogP contribution in [0.3, 0.4) is 0 Å². The van der Waals surface area contributed by atoms with Gasteiger partial charge in [-0.05, 0) is 29.8 Å². The average molecular weight is 351 g/mol. The number of nitrogens with one attached hydrogen (secondary N) is 1. The summed E-state index contributed by atoms with van der Waals surface area (Å²) in [4.78, 5) is 22.2. The van der Waals surface area contributed by atoms with E-state index in [1.807, 2.05) is 0 Å². The van der Waals surface area contributed by atoms with Crippen molar-refractivity contribution in [3.05, 3.63) is 79.8 Å². The SMILES string of the molecule is O=C(C=Cc1ccccc1[N+](=O)[O-])NCc1ccc(Cl)cc1Cl. The summed E-state index contributed by atoms with van der Waals surface area (Å²) in [6.07, 6.45) is 2.64. The number of benzene rings is 2. The number of nitro groups is 1. The van der Waals surface area contributed by atoms with Crippen molar-refractivity contribution >= 4 is 40.9 Å². The van der Waals surface area contributed by atoms with Crippen molar-refractivity contribution in [1.29, 1.82) is 0 Å². The lowest BCUT2D eigenvalue weighted by Crippen LogP contribution is -2.20. The molecule has 0 heterocycles. The van der Waals surface area contributed by atoms with Crippen molar-refractivity contribution in [2.45, 2.75) is 6.54 Å². The van der Waals surface area contributed by atoms with Crippen LogP contribution in [0.25, 0.3) is 6.08 Å². The lowest BCUT2D eigenvalue weighted by atomic mass is 10.1. The Hall–Kier alpha value is -2.37. The topological polar surface area (TPSA) is 72.2 Å². The highest BCUT2D eigenvalue weighted by molar-refractivity contribution is 6.35. The van der Waals surface area contributed by atoms with E-state index in [9.17, 15) is 14.9 Å². The van der Waals surface area contributed by atoms with Gasteiger partial charge in [0.15, 0.2) is 0 Å². The smallest absolute Gasteiger partial charge is 0.276 e. The van der Waals surface area contributed by atoms with Gasteiger partial charge in [-0.3, -0.25) is 14.9 Å². The van der Waals surface area contributed by atoms with Crippen molar-refractivity contribution in [3.63, 3.8) is 0 Å². The van der Waals surface area contributed by atoms with E-state index in [0.717, 1.165) is 5.56 Å². The Kier molecular flexibility index (Phi) is 5.73. The highest BCUT2D eigenvalue weighted by Gasteiger charge is 2.09. The molecule has 0 unspecified atom stereocenters. The minimum absolute atomic E-state index is 0.0581. The number of carbonyl (C=O) groups excluding carboxylic acids is 1. The Balaban J connectivity index is 2.01. The summed E-state index contributed by atoms with van der Waals surface area (Å²) in [5.74, 6) is -0.380. The second kappa shape index (κ2) is 7.76. The van der Waals surface area contributed by atoms with Crippen molar-refractivity contribution < 1.29 is 9.72 Å². The molecule has 0 radical (unpaired) electrons. The van der Waals surface area contributed by atoms with Crippen LogP contribution in [0.15, 0.2) is 48.5 Å². The first-order chi connectivity index (χ1) is 11.0. The van der Waals surface area contributed by atoms with Crippen LogP contribution in [0, 0.1) is 10.1 Å². The van der Waals surface area contributed by atoms with Gasteiger partial charge >= 0.3 is 0 Å². The van der Waals surface area contributed by atoms with E-state index in [2.05, 4.69) is 5.32 Å². The van der Waals surface area contributed by atoms with Crippen LogP contribution in [0.5, 0.6) is 0 Å². The van der Waals surface area contributed by atoms with E-state index in [4.69, 9.17) is 23.2 Å². The maximum atomic E-state index is 11.8. The minimum Gasteiger partial charge on any atom is -0.348 e. The molecule has 0 fully saturated rings. The number of para-hydroxylation sites is 1. The molecule has 0 spiro atoms. The number of nitro benzene ring substituents is 1. The van der Waals surface area contributed by atoms with Gasteiger partial charge in [-0.2, -0.15) is 0 Å². The van der Waals surface area contributed by atoms with Crippen LogP contribution < -0.4 is 5.32 Å². The predicted molar refractivity (Wildman–Crippen MR) is 90.4 cm³/mol. The largest absolute Gasteiger partial charge is 0.348 e. The summed E-state index contributed by atoms with van der Waals surface area (Å²) < 4.78 is 0. The van der Waals surface area contributed by atoms with E-state index in [1.54, 1.807) is 36.4 Å². The van der Waals surface area contributed by atoms with Gasteiger partial charge in [0.1, 0.15) is 0 Å². The van der Waals surface area contributed by atoms with E-state index in [0.29, 0.717) is 15.6 Å². The molecule has 2 aromatic carbocycles. The first kappa shape index (κ1) is 17.0. The quantitative estimate of drug-likeness (QED) is 0.498. The second-order valence-corrected chi connectivity index (χ2v) is 5.45. The molecule has 0 saturated heterocycles. The third-order valence-electron chi connectivity index (χ3n) is 3.02. The van der Waals surface area contributed by atoms with Crippen LogP contribution in [0.2, 0.25) is 10.0 Å². The summed E-state index contributed by atoms with van der Waals surface area (Å²) >= 11 is 11.8. The number of halogens is 2. The van der Waals surface area contributed by atoms with Gasteiger partial charge < -0.3 is 5.32 Å². The van der Waals surface area contributed by atoms with Gasteiger partial charge in [0, 0.05) is 28.7 Å². The third kappa shape index (κ3) is 4.81. The molecule has 2 aromatic rings. The number of rotatable bonds is 5. The normalized spacial score (nSPS) is 10.7. The van der Waals surface area contributed by atoms with Gasteiger partial charge in [0.05, 0.1) is 10.5 Å². The Labute approximate surface area is 142 Å². The van der Waals surface area contributed by atoms with Crippen molar-refractivity contribution in [1.82, 2.24) is 5.32 Å². The fraction of sp³-hybridized carbons (Fsp3) is 0.0625. The van der Waals surface area contributed by atoms with Crippen LogP contribution in [0.4, 0.5) is 5.69 Å². The summed E-state index contributed by atoms with van der Waals surface area (Å²) in [7, 11) is 0. The predicted octanol–water partition coefficient (Wildman–Crippen LogP) is 4.23. The molecule has 0 saturated carbocycles. The zero-order valence-electron chi connectivity index (χ0n) is 11.8. The van der Waals surface area contributed by atoms with Gasteiger partial charge in [-0.1, -0.05) is 41.4 Å². The first-order valence-corrected chi connectivity index (χ1v) is 7.36. The Morgan fingerprint density at radius 3 is 2.65 bits per heavy atom. The van der Waals surface area contributed by atoms with Crippen molar-refractivity contribution in [2.24, 2.45) is 0 Å². The molecule has 0 bridgehead atoms. The summed E-state index contributed by atoms with van der Waals surface area (Å²) in [6, 6.07) is 11.2. The Morgan fingerprint density at radius 1 is 1.22 bits per heavy atom. The molecule has 1 N–H and O–H groups in total. The van der Waals surface area contributed by atoms with Crippen LogP contribution in [-0.2, 0) is 11.3 Å². The lowest BCUT2D eigenvalue weighted by Gasteiger charge is -2.05. The van der Waals surface area contributed by atoms with Gasteiger partial charge in [-0.15, -0.1) is 0 Å². The number of hydrogen-bond acceptors (Lipinski definition) is 3. The summed E-state index contributed by atoms with van der Waals surface area (Å²) in [6.45, 7) is 0.232. The molecule has 0 aliphatic rings. The summed E-state index contributed by atoms with van der Waals surface area (Å²) in [5.41, 5.74) is 1.03. The van der Waals surface area contributed by atoms with Crippen LogP contribution >= 0.6 is 23.2 Å². The molecule has 23 heavy (non-hydrogen) atoms. The molecule has 0 aromatic heterocycles. The molecule has 7 heteroatoms. The van der Waals surface area contributed by atoms with Crippen molar-refractivity contribution in [2.75, 3.05) is 0 Å². The molecule has 118 valence electrons. The maximum absolute atomic E-state index is 11.8. The Bertz CT molecular complexity index is 776. The molecule has 0 aliphatic carbocycles. The Morgan fingerprint density at radius 2 is 1.96 bits per heavy atom. The van der Waals surface area contributed by atoms with Gasteiger partial charge in [-0.25, -0.2) is 0 Å². The third-order valence-corrected chi connectivity index (χ3v) is 3.60. The van der Waals surface area contributed by atoms with E-state index >= 15 is 0 Å². The molecule has 0 aliphatic heterocycles. The van der Waals surface area contributed by atoms with Crippen LogP contribution in [-0.4, -0.2) is 10.8 Å². The molecule has 0 atom stereocenters. The summed E-state index contributed by atoms with van der Waals surface area (Å²) in [5, 5.41) is 14.5. The molecule has 2 rings (SSSR count). The number of amides is 1. The average Bonchev–Trinajstić information content (AvgIpc) is 2.52. The minimum atomic E-state index is -0.495. The standard InChI is InChI=1S/C16H12Cl2N2O3/c17-13-7-5-12(14(18)9-13)10-19-16(21)8-6-11-3-1-2-4-15(11)20(22)23/h1-9H,10H2,(H,19,21). The maximum Gasteiger partial charge on any atom is 0.276 e. The number of nitrogens with zero attached hydrogens (tertiary/aromatic N) is 1. The molecule has 5 nitrogen and oxygen atoms in total. The second-order valence-electron chi connectivity index (χ2n) is 4.60. The molecular formula is C16H12Cl2N2O3. The zero-order valence-corrected chi connectivity index (χ0v) is 13.3. The van der Waals surface area contributed by atoms with E-state index in [-0.39, 0.29) is 18.1 Å². The highest BCUT2D eigenvalue weighted by atomic mass is 35.5.